The van der Waals surface area contributed by atoms with Crippen LogP contribution in [0.3, 0.4) is 0 Å². The molecular weight excluding hydrogens is 328 g/mol. The summed E-state index contributed by atoms with van der Waals surface area (Å²) in [5.74, 6) is -0.963. The highest BCUT2D eigenvalue weighted by atomic mass is 32.1. The van der Waals surface area contributed by atoms with E-state index in [-0.39, 0.29) is 15.8 Å². The highest BCUT2D eigenvalue weighted by Gasteiger charge is 2.62. The van der Waals surface area contributed by atoms with E-state index in [0.29, 0.717) is 0 Å². The second-order valence-electron chi connectivity index (χ2n) is 4.98. The zero-order chi connectivity index (χ0) is 16.8. The lowest BCUT2D eigenvalue weighted by Gasteiger charge is -2.30. The van der Waals surface area contributed by atoms with Crippen LogP contribution in [-0.4, -0.2) is 72.8 Å². The molecule has 2 aromatic rings. The van der Waals surface area contributed by atoms with Crippen LogP contribution in [0, 0.1) is 4.64 Å². The van der Waals surface area contributed by atoms with Crippen molar-refractivity contribution in [2.45, 2.75) is 24.0 Å². The van der Waals surface area contributed by atoms with Gasteiger partial charge >= 0.3 is 5.97 Å². The average Bonchev–Trinajstić information content (AvgIpc) is 3.09. The second-order valence-corrected chi connectivity index (χ2v) is 5.37. The minimum absolute atomic E-state index is 0.184. The van der Waals surface area contributed by atoms with Gasteiger partial charge in [-0.2, -0.15) is 0 Å². The first-order valence-corrected chi connectivity index (χ1v) is 7.02. The Bertz CT molecular complexity index is 806. The van der Waals surface area contributed by atoms with Crippen molar-refractivity contribution in [1.82, 2.24) is 19.5 Å². The number of imidazole rings is 1. The first kappa shape index (κ1) is 16.0. The van der Waals surface area contributed by atoms with Crippen LogP contribution in [-0.2, 0) is 20.0 Å². The van der Waals surface area contributed by atoms with E-state index in [1.807, 2.05) is 0 Å². The van der Waals surface area contributed by atoms with E-state index in [0.717, 1.165) is 7.11 Å². The molecule has 2 aromatic heterocycles. The number of fused-ring (bicyclic) bond motifs is 1. The fraction of sp³-hybridized carbons (Fsp3) is 0.500. The summed E-state index contributed by atoms with van der Waals surface area (Å²) in [6.45, 7) is -0.596. The summed E-state index contributed by atoms with van der Waals surface area (Å²) in [6.07, 6.45) is -1.85. The van der Waals surface area contributed by atoms with E-state index in [2.05, 4.69) is 15.0 Å². The van der Waals surface area contributed by atoms with Gasteiger partial charge in [-0.05, 0) is 0 Å². The highest BCUT2D eigenvalue weighted by Crippen LogP contribution is 2.38. The van der Waals surface area contributed by atoms with Crippen molar-refractivity contribution in [2.75, 3.05) is 13.7 Å². The number of aliphatic hydroxyl groups is 3. The minimum Gasteiger partial charge on any atom is -0.465 e. The van der Waals surface area contributed by atoms with E-state index >= 15 is 0 Å². The van der Waals surface area contributed by atoms with Crippen LogP contribution in [0.2, 0.25) is 0 Å². The van der Waals surface area contributed by atoms with Gasteiger partial charge in [0.2, 0.25) is 0 Å². The Hall–Kier alpha value is -1.92. The number of H-pyrrole nitrogens is 1. The zero-order valence-electron chi connectivity index (χ0n) is 11.9. The molecule has 10 nitrogen and oxygen atoms in total. The van der Waals surface area contributed by atoms with Gasteiger partial charge in [-0.25, -0.2) is 14.8 Å². The number of aromatic amines is 1. The Balaban J connectivity index is 2.27. The van der Waals surface area contributed by atoms with Gasteiger partial charge in [-0.3, -0.25) is 4.57 Å². The molecule has 11 heteroatoms. The van der Waals surface area contributed by atoms with Gasteiger partial charge < -0.3 is 29.8 Å². The number of aliphatic hydroxyl groups excluding tert-OH is 3. The van der Waals surface area contributed by atoms with Crippen molar-refractivity contribution in [2.24, 2.45) is 0 Å². The van der Waals surface area contributed by atoms with Crippen molar-refractivity contribution in [1.29, 1.82) is 0 Å². The van der Waals surface area contributed by atoms with Crippen molar-refractivity contribution in [3.8, 4) is 0 Å². The monoisotopic (exact) mass is 342 g/mol. The maximum atomic E-state index is 12.4. The highest BCUT2D eigenvalue weighted by molar-refractivity contribution is 7.71. The van der Waals surface area contributed by atoms with E-state index in [1.54, 1.807) is 0 Å². The molecule has 0 aromatic carbocycles. The lowest BCUT2D eigenvalue weighted by Crippen LogP contribution is -2.52. The summed E-state index contributed by atoms with van der Waals surface area (Å²) >= 11 is 5.05. The Labute approximate surface area is 134 Å². The third-order valence-corrected chi connectivity index (χ3v) is 4.10. The molecule has 1 fully saturated rings. The van der Waals surface area contributed by atoms with Gasteiger partial charge in [0.05, 0.1) is 20.0 Å². The zero-order valence-corrected chi connectivity index (χ0v) is 12.7. The number of esters is 1. The molecule has 23 heavy (non-hydrogen) atoms. The maximum absolute atomic E-state index is 12.4. The fourth-order valence-corrected chi connectivity index (χ4v) is 2.87. The molecule has 0 radical (unpaired) electrons. The van der Waals surface area contributed by atoms with Gasteiger partial charge in [0.1, 0.15) is 35.8 Å². The van der Waals surface area contributed by atoms with Crippen LogP contribution in [0.15, 0.2) is 12.7 Å². The topological polar surface area (TPSA) is 143 Å². The van der Waals surface area contributed by atoms with Crippen molar-refractivity contribution in [3.05, 3.63) is 17.3 Å². The number of nitrogens with zero attached hydrogens (tertiary/aromatic N) is 3. The number of hydrogen-bond donors (Lipinski definition) is 4. The predicted molar refractivity (Wildman–Crippen MR) is 76.7 cm³/mol. The Morgan fingerprint density at radius 2 is 2.30 bits per heavy atom. The lowest BCUT2D eigenvalue weighted by molar-refractivity contribution is -0.197. The summed E-state index contributed by atoms with van der Waals surface area (Å²) in [7, 11) is 1.11. The molecule has 0 saturated carbocycles. The quantitative estimate of drug-likeness (QED) is 0.384. The number of nitrogens with one attached hydrogen (secondary N) is 1. The molecule has 0 spiro atoms. The smallest absolute Gasteiger partial charge is 0.363 e. The number of rotatable bonds is 3. The van der Waals surface area contributed by atoms with E-state index in [4.69, 9.17) is 21.7 Å². The minimum atomic E-state index is -2.12. The summed E-state index contributed by atoms with van der Waals surface area (Å²) < 4.78 is 11.6. The molecule has 0 aliphatic carbocycles. The number of ether oxygens (including phenoxy) is 2. The molecule has 1 aliphatic heterocycles. The maximum Gasteiger partial charge on any atom is 0.363 e. The summed E-state index contributed by atoms with van der Waals surface area (Å²) in [5.41, 5.74) is -1.58. The van der Waals surface area contributed by atoms with E-state index in [1.165, 1.54) is 17.2 Å². The summed E-state index contributed by atoms with van der Waals surface area (Å²) in [4.78, 5) is 23.1. The number of methoxy groups -OCH3 is 1. The van der Waals surface area contributed by atoms with Crippen LogP contribution < -0.4 is 0 Å². The number of carbonyl (C=O) groups is 1. The second kappa shape index (κ2) is 5.62. The Morgan fingerprint density at radius 1 is 1.57 bits per heavy atom. The van der Waals surface area contributed by atoms with Crippen LogP contribution in [0.25, 0.3) is 11.2 Å². The molecule has 0 amide bonds. The summed E-state index contributed by atoms with van der Waals surface area (Å²) in [5, 5.41) is 29.8. The van der Waals surface area contributed by atoms with Crippen LogP contribution >= 0.6 is 12.2 Å². The number of carbonyl (C=O) groups excluding carboxylic acids is 1. The molecule has 0 unspecified atom stereocenters. The van der Waals surface area contributed by atoms with Gasteiger partial charge in [0, 0.05) is 0 Å². The van der Waals surface area contributed by atoms with Crippen LogP contribution in [0.1, 0.15) is 0 Å². The van der Waals surface area contributed by atoms with Gasteiger partial charge in [-0.1, -0.05) is 12.2 Å². The molecule has 124 valence electrons. The molecular formula is C12H14N4O6S. The Morgan fingerprint density at radius 3 is 2.91 bits per heavy atom. The van der Waals surface area contributed by atoms with E-state index in [9.17, 15) is 20.1 Å². The molecule has 1 aliphatic rings. The predicted octanol–water partition coefficient (Wildman–Crippen LogP) is -1.57. The third-order valence-electron chi connectivity index (χ3n) is 3.81. The summed E-state index contributed by atoms with van der Waals surface area (Å²) in [6, 6.07) is 0. The largest absolute Gasteiger partial charge is 0.465 e. The average molecular weight is 342 g/mol. The number of hydrogen-bond acceptors (Lipinski definition) is 9. The van der Waals surface area contributed by atoms with Crippen molar-refractivity contribution >= 4 is 29.4 Å². The first-order valence-electron chi connectivity index (χ1n) is 6.61. The lowest BCUT2D eigenvalue weighted by atomic mass is 10.0. The SMILES string of the molecule is COC(=O)[C@@]1(n2cnc3c(=S)nc[nH]c32)O[C@H](CO)[C@@H](O)[C@H]1O. The first-order chi connectivity index (χ1) is 11.0. The number of aromatic nitrogens is 4. The molecule has 4 N–H and O–H groups in total. The van der Waals surface area contributed by atoms with Gasteiger partial charge in [0.15, 0.2) is 4.64 Å². The standard InChI is InChI=1S/C12H14N4O6S/c1-21-11(20)12(8(19)7(18)5(2-17)22-12)16-4-15-6-9(16)13-3-14-10(6)23/h3-5,7-8,17-19H,2H2,1H3,(H,13,14,23)/t5-,7-,8-,12+/m1/s1. The molecule has 3 heterocycles. The third kappa shape index (κ3) is 2.09. The molecule has 0 bridgehead atoms. The van der Waals surface area contributed by atoms with Crippen molar-refractivity contribution < 1.29 is 29.6 Å². The molecule has 3 rings (SSSR count). The fourth-order valence-electron chi connectivity index (χ4n) is 2.67. The van der Waals surface area contributed by atoms with Gasteiger partial charge in [-0.15, -0.1) is 0 Å². The van der Waals surface area contributed by atoms with E-state index < -0.39 is 36.6 Å². The molecule has 4 atom stereocenters. The molecule has 1 saturated heterocycles. The van der Waals surface area contributed by atoms with Crippen LogP contribution in [0.4, 0.5) is 0 Å². The van der Waals surface area contributed by atoms with Crippen LogP contribution in [0.5, 0.6) is 0 Å². The Kier molecular flexibility index (Phi) is 3.90. The van der Waals surface area contributed by atoms with Gasteiger partial charge in [0.25, 0.3) is 5.72 Å². The van der Waals surface area contributed by atoms with Crippen molar-refractivity contribution in [3.63, 3.8) is 0 Å². The normalized spacial score (nSPS) is 30.7.